The first kappa shape index (κ1) is 12.8. The zero-order chi connectivity index (χ0) is 13.1. The van der Waals surface area contributed by atoms with Crippen LogP contribution in [0.2, 0.25) is 0 Å². The van der Waals surface area contributed by atoms with Gasteiger partial charge in [-0.25, -0.2) is 0 Å². The summed E-state index contributed by atoms with van der Waals surface area (Å²) in [5, 5.41) is 31.9. The highest BCUT2D eigenvalue weighted by atomic mass is 32.1. The second-order valence-electron chi connectivity index (χ2n) is 3.96. The predicted octanol–water partition coefficient (Wildman–Crippen LogP) is 2.29. The minimum atomic E-state index is 0.0153. The standard InChI is InChI=1S/C12H15N3O2S/c1-3-13-7(2)11-14-15-12(18-11)8-4-9(16)6-10(17)5-8/h4-7,13,16-17H,3H2,1-2H3. The molecule has 96 valence electrons. The molecule has 0 radical (unpaired) electrons. The lowest BCUT2D eigenvalue weighted by molar-refractivity contribution is 0.451. The molecule has 2 rings (SSSR count). The van der Waals surface area contributed by atoms with E-state index in [2.05, 4.69) is 15.5 Å². The molecule has 3 N–H and O–H groups in total. The normalized spacial score (nSPS) is 12.6. The Labute approximate surface area is 109 Å². The largest absolute Gasteiger partial charge is 0.508 e. The van der Waals surface area contributed by atoms with Crippen LogP contribution < -0.4 is 5.32 Å². The second-order valence-corrected chi connectivity index (χ2v) is 4.97. The number of hydrogen-bond donors (Lipinski definition) is 3. The van der Waals surface area contributed by atoms with Gasteiger partial charge in [0.05, 0.1) is 6.04 Å². The van der Waals surface area contributed by atoms with Crippen molar-refractivity contribution in [3.63, 3.8) is 0 Å². The highest BCUT2D eigenvalue weighted by molar-refractivity contribution is 7.14. The van der Waals surface area contributed by atoms with Crippen LogP contribution in [0.5, 0.6) is 11.5 Å². The Morgan fingerprint density at radius 3 is 2.50 bits per heavy atom. The number of nitrogens with one attached hydrogen (secondary N) is 1. The summed E-state index contributed by atoms with van der Waals surface area (Å²) in [7, 11) is 0. The van der Waals surface area contributed by atoms with Gasteiger partial charge >= 0.3 is 0 Å². The molecular formula is C12H15N3O2S. The van der Waals surface area contributed by atoms with E-state index in [1.807, 2.05) is 13.8 Å². The molecule has 0 saturated heterocycles. The number of aromatic nitrogens is 2. The molecule has 0 saturated carbocycles. The fraction of sp³-hybridized carbons (Fsp3) is 0.333. The zero-order valence-electron chi connectivity index (χ0n) is 10.2. The van der Waals surface area contributed by atoms with Gasteiger partial charge < -0.3 is 15.5 Å². The van der Waals surface area contributed by atoms with Gasteiger partial charge in [-0.15, -0.1) is 10.2 Å². The summed E-state index contributed by atoms with van der Waals surface area (Å²) in [5.74, 6) is 0.0305. The van der Waals surface area contributed by atoms with Gasteiger partial charge in [0.25, 0.3) is 0 Å². The molecule has 5 nitrogen and oxygen atoms in total. The summed E-state index contributed by atoms with van der Waals surface area (Å²) in [6, 6.07) is 4.54. The molecule has 1 atom stereocenters. The number of benzene rings is 1. The van der Waals surface area contributed by atoms with Gasteiger partial charge in [0.2, 0.25) is 0 Å². The Hall–Kier alpha value is -1.66. The predicted molar refractivity (Wildman–Crippen MR) is 70.8 cm³/mol. The van der Waals surface area contributed by atoms with Crippen molar-refractivity contribution >= 4 is 11.3 Å². The van der Waals surface area contributed by atoms with E-state index in [1.54, 1.807) is 12.1 Å². The summed E-state index contributed by atoms with van der Waals surface area (Å²) < 4.78 is 0. The summed E-state index contributed by atoms with van der Waals surface area (Å²) >= 11 is 1.44. The molecule has 0 spiro atoms. The number of rotatable bonds is 4. The van der Waals surface area contributed by atoms with Gasteiger partial charge in [0.1, 0.15) is 21.5 Å². The molecule has 2 aromatic rings. The minimum Gasteiger partial charge on any atom is -0.508 e. The maximum atomic E-state index is 9.44. The van der Waals surface area contributed by atoms with Crippen LogP contribution in [0.1, 0.15) is 24.9 Å². The summed E-state index contributed by atoms with van der Waals surface area (Å²) in [6.45, 7) is 4.92. The Morgan fingerprint density at radius 2 is 1.89 bits per heavy atom. The van der Waals surface area contributed by atoms with E-state index in [-0.39, 0.29) is 17.5 Å². The molecule has 1 aromatic carbocycles. The highest BCUT2D eigenvalue weighted by Gasteiger charge is 2.13. The highest BCUT2D eigenvalue weighted by Crippen LogP contribution is 2.31. The molecule has 0 aliphatic heterocycles. The van der Waals surface area contributed by atoms with Crippen molar-refractivity contribution in [1.29, 1.82) is 0 Å². The molecule has 0 aliphatic carbocycles. The van der Waals surface area contributed by atoms with Crippen LogP contribution in [-0.2, 0) is 0 Å². The van der Waals surface area contributed by atoms with E-state index in [0.29, 0.717) is 10.6 Å². The maximum absolute atomic E-state index is 9.44. The van der Waals surface area contributed by atoms with Crippen molar-refractivity contribution in [3.8, 4) is 22.1 Å². The van der Waals surface area contributed by atoms with Crippen molar-refractivity contribution in [2.24, 2.45) is 0 Å². The molecule has 0 aliphatic rings. The van der Waals surface area contributed by atoms with Crippen LogP contribution in [0, 0.1) is 0 Å². The molecule has 1 heterocycles. The summed E-state index contributed by atoms with van der Waals surface area (Å²) in [6.07, 6.45) is 0. The number of phenols is 2. The summed E-state index contributed by atoms with van der Waals surface area (Å²) in [4.78, 5) is 0. The lowest BCUT2D eigenvalue weighted by atomic mass is 10.2. The zero-order valence-corrected chi connectivity index (χ0v) is 11.0. The second kappa shape index (κ2) is 5.32. The summed E-state index contributed by atoms with van der Waals surface area (Å²) in [5.41, 5.74) is 0.667. The quantitative estimate of drug-likeness (QED) is 0.790. The Bertz CT molecular complexity index is 522. The Balaban J connectivity index is 2.29. The molecule has 0 amide bonds. The topological polar surface area (TPSA) is 78.3 Å². The molecular weight excluding hydrogens is 250 g/mol. The first-order valence-electron chi connectivity index (χ1n) is 5.70. The van der Waals surface area contributed by atoms with Gasteiger partial charge in [-0.2, -0.15) is 0 Å². The van der Waals surface area contributed by atoms with Gasteiger partial charge in [-0.05, 0) is 25.6 Å². The molecule has 0 bridgehead atoms. The molecule has 1 unspecified atom stereocenters. The van der Waals surface area contributed by atoms with Crippen LogP contribution in [0.4, 0.5) is 0 Å². The number of hydrogen-bond acceptors (Lipinski definition) is 6. The molecule has 6 heteroatoms. The van der Waals surface area contributed by atoms with Crippen molar-refractivity contribution in [1.82, 2.24) is 15.5 Å². The smallest absolute Gasteiger partial charge is 0.148 e. The van der Waals surface area contributed by atoms with Crippen molar-refractivity contribution in [2.45, 2.75) is 19.9 Å². The van der Waals surface area contributed by atoms with Crippen LogP contribution in [0.3, 0.4) is 0 Å². The third-order valence-electron chi connectivity index (χ3n) is 2.47. The molecule has 0 fully saturated rings. The van der Waals surface area contributed by atoms with E-state index in [9.17, 15) is 10.2 Å². The maximum Gasteiger partial charge on any atom is 0.148 e. The Morgan fingerprint density at radius 1 is 1.22 bits per heavy atom. The van der Waals surface area contributed by atoms with Crippen LogP contribution in [0.15, 0.2) is 18.2 Å². The minimum absolute atomic E-state index is 0.0153. The van der Waals surface area contributed by atoms with Gasteiger partial charge in [-0.3, -0.25) is 0 Å². The van der Waals surface area contributed by atoms with E-state index in [0.717, 1.165) is 11.6 Å². The number of aromatic hydroxyl groups is 2. The lowest BCUT2D eigenvalue weighted by Gasteiger charge is -2.06. The number of nitrogens with zero attached hydrogens (tertiary/aromatic N) is 2. The van der Waals surface area contributed by atoms with E-state index in [4.69, 9.17) is 0 Å². The van der Waals surface area contributed by atoms with Crippen molar-refractivity contribution in [2.75, 3.05) is 6.54 Å². The molecule has 18 heavy (non-hydrogen) atoms. The van der Waals surface area contributed by atoms with Gasteiger partial charge in [0, 0.05) is 11.6 Å². The fourth-order valence-corrected chi connectivity index (χ4v) is 2.50. The van der Waals surface area contributed by atoms with Gasteiger partial charge in [0.15, 0.2) is 0 Å². The van der Waals surface area contributed by atoms with Crippen molar-refractivity contribution < 1.29 is 10.2 Å². The number of phenolic OH excluding ortho intramolecular Hbond substituents is 2. The monoisotopic (exact) mass is 265 g/mol. The third kappa shape index (κ3) is 2.77. The fourth-order valence-electron chi connectivity index (χ4n) is 1.64. The average molecular weight is 265 g/mol. The Kier molecular flexibility index (Phi) is 3.78. The third-order valence-corrected chi connectivity index (χ3v) is 3.63. The van der Waals surface area contributed by atoms with Crippen LogP contribution >= 0.6 is 11.3 Å². The molecule has 1 aromatic heterocycles. The van der Waals surface area contributed by atoms with E-state index < -0.39 is 0 Å². The van der Waals surface area contributed by atoms with Crippen LogP contribution in [-0.4, -0.2) is 27.0 Å². The first-order chi connectivity index (χ1) is 8.60. The first-order valence-corrected chi connectivity index (χ1v) is 6.52. The van der Waals surface area contributed by atoms with Crippen LogP contribution in [0.25, 0.3) is 10.6 Å². The SMILES string of the molecule is CCNC(C)c1nnc(-c2cc(O)cc(O)c2)s1. The van der Waals surface area contributed by atoms with Gasteiger partial charge in [-0.1, -0.05) is 18.3 Å². The van der Waals surface area contributed by atoms with E-state index in [1.165, 1.54) is 17.4 Å². The van der Waals surface area contributed by atoms with Crippen molar-refractivity contribution in [3.05, 3.63) is 23.2 Å². The van der Waals surface area contributed by atoms with E-state index >= 15 is 0 Å². The lowest BCUT2D eigenvalue weighted by Crippen LogP contribution is -2.17. The average Bonchev–Trinajstić information content (AvgIpc) is 2.77.